The van der Waals surface area contributed by atoms with Gasteiger partial charge < -0.3 is 10.2 Å². The van der Waals surface area contributed by atoms with Crippen molar-refractivity contribution in [2.24, 2.45) is 0 Å². The zero-order chi connectivity index (χ0) is 13.1. The summed E-state index contributed by atoms with van der Waals surface area (Å²) in [4.78, 5) is 2.58. The minimum atomic E-state index is 0.638. The predicted octanol–water partition coefficient (Wildman–Crippen LogP) is 3.19. The average molecular weight is 246 g/mol. The fourth-order valence-corrected chi connectivity index (χ4v) is 3.08. The van der Waals surface area contributed by atoms with Gasteiger partial charge in [-0.2, -0.15) is 0 Å². The van der Waals surface area contributed by atoms with E-state index in [0.29, 0.717) is 6.04 Å². The third kappa shape index (κ3) is 3.05. The highest BCUT2D eigenvalue weighted by molar-refractivity contribution is 5.60. The molecule has 1 aromatic rings. The van der Waals surface area contributed by atoms with Crippen molar-refractivity contribution in [3.8, 4) is 0 Å². The van der Waals surface area contributed by atoms with Crippen LogP contribution in [-0.4, -0.2) is 25.7 Å². The summed E-state index contributed by atoms with van der Waals surface area (Å²) in [7, 11) is 0. The van der Waals surface area contributed by atoms with Crippen LogP contribution < -0.4 is 10.2 Å². The van der Waals surface area contributed by atoms with Gasteiger partial charge in [0.25, 0.3) is 0 Å². The van der Waals surface area contributed by atoms with E-state index >= 15 is 0 Å². The highest BCUT2D eigenvalue weighted by Crippen LogP contribution is 2.27. The maximum atomic E-state index is 3.57. The normalized spacial score (nSPS) is 21.6. The van der Waals surface area contributed by atoms with Crippen molar-refractivity contribution in [1.82, 2.24) is 5.32 Å². The summed E-state index contributed by atoms with van der Waals surface area (Å²) in [5.74, 6) is 0. The van der Waals surface area contributed by atoms with Crippen LogP contribution in [0.25, 0.3) is 0 Å². The molecule has 2 heteroatoms. The van der Waals surface area contributed by atoms with Crippen LogP contribution in [0.5, 0.6) is 0 Å². The van der Waals surface area contributed by atoms with E-state index in [4.69, 9.17) is 0 Å². The first-order valence-electron chi connectivity index (χ1n) is 7.14. The molecule has 1 heterocycles. The zero-order valence-electron chi connectivity index (χ0n) is 12.2. The number of nitrogens with one attached hydrogen (secondary N) is 1. The van der Waals surface area contributed by atoms with Gasteiger partial charge in [-0.25, -0.2) is 0 Å². The fourth-order valence-electron chi connectivity index (χ4n) is 3.08. The van der Waals surface area contributed by atoms with Crippen LogP contribution in [-0.2, 0) is 0 Å². The molecule has 2 rings (SSSR count). The molecule has 1 saturated heterocycles. The molecule has 0 amide bonds. The molecule has 18 heavy (non-hydrogen) atoms. The van der Waals surface area contributed by atoms with Gasteiger partial charge in [-0.1, -0.05) is 17.7 Å². The van der Waals surface area contributed by atoms with Gasteiger partial charge in [-0.05, 0) is 58.2 Å². The molecule has 0 saturated carbocycles. The molecule has 2 nitrogen and oxygen atoms in total. The van der Waals surface area contributed by atoms with Gasteiger partial charge in [0.05, 0.1) is 0 Å². The molecule has 1 aromatic carbocycles. The molecule has 1 unspecified atom stereocenters. The van der Waals surface area contributed by atoms with E-state index in [9.17, 15) is 0 Å². The highest BCUT2D eigenvalue weighted by atomic mass is 15.1. The fraction of sp³-hybridized carbons (Fsp3) is 0.625. The molecule has 1 atom stereocenters. The lowest BCUT2D eigenvalue weighted by atomic mass is 10.0. The predicted molar refractivity (Wildman–Crippen MR) is 79.6 cm³/mol. The molecular formula is C16H26N2. The van der Waals surface area contributed by atoms with Crippen molar-refractivity contribution in [2.45, 2.75) is 46.6 Å². The van der Waals surface area contributed by atoms with Gasteiger partial charge in [0, 0.05) is 24.8 Å². The van der Waals surface area contributed by atoms with Gasteiger partial charge in [0.2, 0.25) is 0 Å². The summed E-state index contributed by atoms with van der Waals surface area (Å²) in [6.07, 6.45) is 2.46. The average Bonchev–Trinajstić information content (AvgIpc) is 2.26. The minimum Gasteiger partial charge on any atom is -0.371 e. The van der Waals surface area contributed by atoms with Crippen molar-refractivity contribution in [3.05, 3.63) is 28.8 Å². The van der Waals surface area contributed by atoms with E-state index in [2.05, 4.69) is 50.0 Å². The van der Waals surface area contributed by atoms with Crippen molar-refractivity contribution >= 4 is 5.69 Å². The molecule has 0 bridgehead atoms. The van der Waals surface area contributed by atoms with Crippen LogP contribution in [0.15, 0.2) is 12.1 Å². The largest absolute Gasteiger partial charge is 0.371 e. The van der Waals surface area contributed by atoms with Crippen LogP contribution in [0.3, 0.4) is 0 Å². The van der Waals surface area contributed by atoms with Crippen molar-refractivity contribution < 1.29 is 0 Å². The Bertz CT molecular complexity index is 389. The second-order valence-electron chi connectivity index (χ2n) is 5.73. The van der Waals surface area contributed by atoms with Gasteiger partial charge in [-0.3, -0.25) is 0 Å². The first-order chi connectivity index (χ1) is 8.58. The van der Waals surface area contributed by atoms with Crippen LogP contribution in [0.1, 0.15) is 36.5 Å². The van der Waals surface area contributed by atoms with E-state index < -0.39 is 0 Å². The highest BCUT2D eigenvalue weighted by Gasteiger charge is 2.15. The summed E-state index contributed by atoms with van der Waals surface area (Å²) >= 11 is 0. The van der Waals surface area contributed by atoms with Gasteiger partial charge in [0.1, 0.15) is 0 Å². The van der Waals surface area contributed by atoms with E-state index in [-0.39, 0.29) is 0 Å². The molecule has 100 valence electrons. The lowest BCUT2D eigenvalue weighted by Crippen LogP contribution is -2.39. The van der Waals surface area contributed by atoms with Crippen LogP contribution in [0.2, 0.25) is 0 Å². The maximum absolute atomic E-state index is 3.57. The Morgan fingerprint density at radius 1 is 1.11 bits per heavy atom. The molecule has 0 aliphatic carbocycles. The molecule has 0 spiro atoms. The third-order valence-electron chi connectivity index (χ3n) is 3.88. The van der Waals surface area contributed by atoms with E-state index in [0.717, 1.165) is 6.54 Å². The lowest BCUT2D eigenvalue weighted by Gasteiger charge is -2.32. The van der Waals surface area contributed by atoms with Gasteiger partial charge in [-0.15, -0.1) is 0 Å². The van der Waals surface area contributed by atoms with Crippen molar-refractivity contribution in [1.29, 1.82) is 0 Å². The number of anilines is 1. The number of hydrogen-bond acceptors (Lipinski definition) is 2. The Hall–Kier alpha value is -1.02. The quantitative estimate of drug-likeness (QED) is 0.818. The number of hydrogen-bond donors (Lipinski definition) is 1. The second-order valence-corrected chi connectivity index (χ2v) is 5.73. The molecule has 0 aromatic heterocycles. The molecule has 1 fully saturated rings. The number of benzene rings is 1. The Labute approximate surface area is 111 Å². The summed E-state index contributed by atoms with van der Waals surface area (Å²) < 4.78 is 0. The topological polar surface area (TPSA) is 15.3 Å². The second kappa shape index (κ2) is 5.75. The monoisotopic (exact) mass is 246 g/mol. The number of nitrogens with zero attached hydrogens (tertiary/aromatic N) is 1. The van der Waals surface area contributed by atoms with Crippen molar-refractivity contribution in [3.63, 3.8) is 0 Å². The zero-order valence-corrected chi connectivity index (χ0v) is 12.2. The Kier molecular flexibility index (Phi) is 4.28. The van der Waals surface area contributed by atoms with Crippen molar-refractivity contribution in [2.75, 3.05) is 24.5 Å². The maximum Gasteiger partial charge on any atom is 0.0425 e. The molecule has 1 aliphatic rings. The molecule has 1 N–H and O–H groups in total. The first-order valence-corrected chi connectivity index (χ1v) is 7.14. The molecule has 1 aliphatic heterocycles. The third-order valence-corrected chi connectivity index (χ3v) is 3.88. The summed E-state index contributed by atoms with van der Waals surface area (Å²) in [6, 6.07) is 5.25. The Morgan fingerprint density at radius 3 is 2.44 bits per heavy atom. The van der Waals surface area contributed by atoms with Crippen LogP contribution in [0.4, 0.5) is 5.69 Å². The van der Waals surface area contributed by atoms with Crippen LogP contribution >= 0.6 is 0 Å². The SMILES string of the molecule is Cc1cc(C)c(N2CCCNC(C)CC2)c(C)c1. The Balaban J connectivity index is 2.23. The summed E-state index contributed by atoms with van der Waals surface area (Å²) in [6.45, 7) is 12.4. The molecule has 0 radical (unpaired) electrons. The summed E-state index contributed by atoms with van der Waals surface area (Å²) in [5.41, 5.74) is 5.69. The van der Waals surface area contributed by atoms with E-state index in [1.54, 1.807) is 0 Å². The smallest absolute Gasteiger partial charge is 0.0425 e. The van der Waals surface area contributed by atoms with Crippen LogP contribution in [0, 0.1) is 20.8 Å². The first kappa shape index (κ1) is 13.4. The summed E-state index contributed by atoms with van der Waals surface area (Å²) in [5, 5.41) is 3.57. The van der Waals surface area contributed by atoms with Gasteiger partial charge in [0.15, 0.2) is 0 Å². The Morgan fingerprint density at radius 2 is 1.78 bits per heavy atom. The minimum absolute atomic E-state index is 0.638. The number of aryl methyl sites for hydroxylation is 3. The van der Waals surface area contributed by atoms with E-state index in [1.165, 1.54) is 48.3 Å². The number of rotatable bonds is 1. The van der Waals surface area contributed by atoms with E-state index in [1.807, 2.05) is 0 Å². The standard InChI is InChI=1S/C16H26N2/c1-12-10-13(2)16(14(3)11-12)18-8-5-7-17-15(4)6-9-18/h10-11,15,17H,5-9H2,1-4H3. The van der Waals surface area contributed by atoms with Gasteiger partial charge >= 0.3 is 0 Å². The molecular weight excluding hydrogens is 220 g/mol. The lowest BCUT2D eigenvalue weighted by molar-refractivity contribution is 0.474.